The summed E-state index contributed by atoms with van der Waals surface area (Å²) < 4.78 is 47.8. The van der Waals surface area contributed by atoms with E-state index >= 15 is 4.39 Å². The number of aromatic nitrogens is 3. The Bertz CT molecular complexity index is 1650. The molecule has 2 aliphatic heterocycles. The third-order valence-corrected chi connectivity index (χ3v) is 7.21. The quantitative estimate of drug-likeness (QED) is 0.224. The Morgan fingerprint density at radius 1 is 1.28 bits per heavy atom. The first-order chi connectivity index (χ1) is 18.8. The molecule has 0 bridgehead atoms. The molecule has 0 saturated carbocycles. The lowest BCUT2D eigenvalue weighted by atomic mass is 9.85. The maximum Gasteiger partial charge on any atom is 0.327 e. The number of rotatable bonds is 5. The van der Waals surface area contributed by atoms with Gasteiger partial charge < -0.3 is 15.4 Å². The van der Waals surface area contributed by atoms with Crippen molar-refractivity contribution in [2.24, 2.45) is 5.10 Å². The van der Waals surface area contributed by atoms with Gasteiger partial charge in [-0.15, -0.1) is 0 Å². The number of nitrogens with one attached hydrogen (secondary N) is 1. The zero-order valence-electron chi connectivity index (χ0n) is 20.7. The minimum atomic E-state index is -2.77. The van der Waals surface area contributed by atoms with Gasteiger partial charge in [0.05, 0.1) is 54.1 Å². The van der Waals surface area contributed by atoms with Gasteiger partial charge in [-0.2, -0.15) is 13.9 Å². The van der Waals surface area contributed by atoms with Gasteiger partial charge >= 0.3 is 6.55 Å². The van der Waals surface area contributed by atoms with E-state index in [1.54, 1.807) is 33.3 Å². The fourth-order valence-corrected chi connectivity index (χ4v) is 5.41. The van der Waals surface area contributed by atoms with Crippen molar-refractivity contribution in [3.05, 3.63) is 77.5 Å². The Labute approximate surface area is 220 Å². The van der Waals surface area contributed by atoms with Gasteiger partial charge in [0, 0.05) is 12.6 Å². The van der Waals surface area contributed by atoms with Crippen LogP contribution in [0.2, 0.25) is 0 Å². The lowest BCUT2D eigenvalue weighted by Crippen LogP contribution is -2.48. The number of hydrogen-bond donors (Lipinski definition) is 2. The van der Waals surface area contributed by atoms with Crippen molar-refractivity contribution in [1.29, 1.82) is 0 Å². The van der Waals surface area contributed by atoms with Crippen LogP contribution in [0.1, 0.15) is 45.9 Å². The summed E-state index contributed by atoms with van der Waals surface area (Å²) in [5, 5.41) is 3.48. The molecule has 2 aromatic carbocycles. The number of alkyl halides is 2. The number of allylic oxidation sites excluding steroid dienone is 1. The first kappa shape index (κ1) is 24.9. The number of nitrogens with two attached hydrogens (primary N) is 1. The van der Waals surface area contributed by atoms with E-state index in [4.69, 9.17) is 10.5 Å². The van der Waals surface area contributed by atoms with E-state index in [1.807, 2.05) is 12.1 Å². The van der Waals surface area contributed by atoms with Gasteiger partial charge in [0.15, 0.2) is 0 Å². The number of fused-ring (bicyclic) bond motifs is 6. The summed E-state index contributed by atoms with van der Waals surface area (Å²) in [7, 11) is 0. The van der Waals surface area contributed by atoms with Crippen molar-refractivity contribution in [3.8, 4) is 0 Å². The zero-order valence-corrected chi connectivity index (χ0v) is 20.7. The van der Waals surface area contributed by atoms with Crippen LogP contribution < -0.4 is 11.2 Å². The smallest absolute Gasteiger partial charge is 0.327 e. The summed E-state index contributed by atoms with van der Waals surface area (Å²) in [5.41, 5.74) is 11.8. The van der Waals surface area contributed by atoms with E-state index in [0.717, 1.165) is 17.5 Å². The number of carbonyl (C=O) groups excluding carboxylic acids is 1. The predicted octanol–water partition coefficient (Wildman–Crippen LogP) is 4.29. The fourth-order valence-electron chi connectivity index (χ4n) is 5.41. The lowest BCUT2D eigenvalue weighted by Gasteiger charge is -2.44. The monoisotopic (exact) mass is 535 g/mol. The molecule has 2 atom stereocenters. The topological polar surface area (TPSA) is 110 Å². The van der Waals surface area contributed by atoms with Gasteiger partial charge in [-0.3, -0.25) is 14.6 Å². The van der Waals surface area contributed by atoms with Gasteiger partial charge in [0.25, 0.3) is 5.91 Å². The molecule has 0 radical (unpaired) electrons. The molecule has 0 spiro atoms. The Morgan fingerprint density at radius 2 is 2.13 bits per heavy atom. The van der Waals surface area contributed by atoms with E-state index < -0.39 is 24.3 Å². The number of halogens is 3. The Hall–Kier alpha value is -4.45. The van der Waals surface area contributed by atoms with Crippen LogP contribution in [0.5, 0.6) is 0 Å². The van der Waals surface area contributed by atoms with Crippen molar-refractivity contribution >= 4 is 40.1 Å². The number of benzene rings is 2. The molecule has 2 aliphatic rings. The van der Waals surface area contributed by atoms with Crippen LogP contribution in [0.3, 0.4) is 0 Å². The maximum atomic E-state index is 15.3. The Morgan fingerprint density at radius 3 is 2.95 bits per heavy atom. The zero-order chi connectivity index (χ0) is 27.3. The molecule has 200 valence electrons. The predicted molar refractivity (Wildman–Crippen MR) is 140 cm³/mol. The number of hydrogen-bond acceptors (Lipinski definition) is 7. The van der Waals surface area contributed by atoms with E-state index in [-0.39, 0.29) is 17.5 Å². The molecule has 9 nitrogen and oxygen atoms in total. The Balaban J connectivity index is 1.35. The average molecular weight is 536 g/mol. The second-order valence-electron chi connectivity index (χ2n) is 9.53. The largest absolute Gasteiger partial charge is 0.382 e. The van der Waals surface area contributed by atoms with Gasteiger partial charge in [-0.25, -0.2) is 14.4 Å². The van der Waals surface area contributed by atoms with E-state index in [1.165, 1.54) is 18.3 Å². The maximum absolute atomic E-state index is 15.3. The highest BCUT2D eigenvalue weighted by Crippen LogP contribution is 2.41. The minimum Gasteiger partial charge on any atom is -0.382 e. The number of likely N-dealkylation sites (tertiary alicyclic amines) is 1. The van der Waals surface area contributed by atoms with Crippen molar-refractivity contribution in [2.75, 3.05) is 12.3 Å². The number of piperidine rings is 1. The molecule has 12 heteroatoms. The van der Waals surface area contributed by atoms with Crippen LogP contribution >= 0.6 is 0 Å². The normalized spacial score (nSPS) is 19.0. The van der Waals surface area contributed by atoms with Crippen molar-refractivity contribution in [1.82, 2.24) is 24.7 Å². The number of amides is 1. The highest BCUT2D eigenvalue weighted by molar-refractivity contribution is 6.08. The summed E-state index contributed by atoms with van der Waals surface area (Å²) in [6.45, 7) is 1.87. The van der Waals surface area contributed by atoms with Crippen LogP contribution in [-0.2, 0) is 11.3 Å². The van der Waals surface area contributed by atoms with Crippen LogP contribution in [0.4, 0.5) is 19.0 Å². The van der Waals surface area contributed by atoms with Crippen LogP contribution in [-0.4, -0.2) is 50.6 Å². The number of nitrogen functional groups attached to an aromatic ring is 1. The van der Waals surface area contributed by atoms with E-state index in [2.05, 4.69) is 21.6 Å². The van der Waals surface area contributed by atoms with Crippen molar-refractivity contribution in [3.63, 3.8) is 0 Å². The van der Waals surface area contributed by atoms with E-state index in [9.17, 15) is 13.6 Å². The standard InChI is InChI=1S/C27H24F3N7O2/c1-14(10-33-35-27(29)30)15-4-5-17-16(7-15)12-39-23-3-2-6-36(24(17)23)26(38)18-8-21-20(9-19(18)28)34-25(31)22-11-32-13-37(21)22/h4-5,7-11,13,23-24,27,35H,1-3,6,12H2,(H2,31,34)/b33-10-/t23-,24-/m0/s1. The molecular weight excluding hydrogens is 511 g/mol. The number of carbonyl (C=O) groups is 1. The molecule has 39 heavy (non-hydrogen) atoms. The molecule has 1 saturated heterocycles. The van der Waals surface area contributed by atoms with Crippen LogP contribution in [0.15, 0.2) is 54.5 Å². The summed E-state index contributed by atoms with van der Waals surface area (Å²) in [5.74, 6) is -0.933. The molecular formula is C27H24F3N7O2. The second kappa shape index (κ2) is 9.70. The molecule has 1 amide bonds. The first-order valence-corrected chi connectivity index (χ1v) is 12.3. The summed E-state index contributed by atoms with van der Waals surface area (Å²) in [6, 6.07) is 7.82. The van der Waals surface area contributed by atoms with Gasteiger partial charge in [0.1, 0.15) is 17.2 Å². The number of hydrazone groups is 1. The molecule has 4 aromatic rings. The molecule has 0 aliphatic carbocycles. The number of ether oxygens (including phenoxy) is 1. The van der Waals surface area contributed by atoms with Crippen molar-refractivity contribution in [2.45, 2.75) is 38.1 Å². The summed E-state index contributed by atoms with van der Waals surface area (Å²) >= 11 is 0. The van der Waals surface area contributed by atoms with Crippen LogP contribution in [0, 0.1) is 5.82 Å². The van der Waals surface area contributed by atoms with Crippen LogP contribution in [0.25, 0.3) is 22.1 Å². The Kier molecular flexibility index (Phi) is 6.18. The molecule has 0 unspecified atom stereocenters. The van der Waals surface area contributed by atoms with Gasteiger partial charge in [0.2, 0.25) is 0 Å². The molecule has 3 N–H and O–H groups in total. The third kappa shape index (κ3) is 4.36. The molecule has 1 fully saturated rings. The van der Waals surface area contributed by atoms with Gasteiger partial charge in [-0.05, 0) is 47.2 Å². The van der Waals surface area contributed by atoms with Crippen molar-refractivity contribution < 1.29 is 22.7 Å². The van der Waals surface area contributed by atoms with Gasteiger partial charge in [-0.1, -0.05) is 18.7 Å². The van der Waals surface area contributed by atoms with E-state index in [0.29, 0.717) is 47.3 Å². The lowest BCUT2D eigenvalue weighted by molar-refractivity contribution is -0.0571. The first-order valence-electron chi connectivity index (χ1n) is 12.3. The number of imidazole rings is 1. The number of nitrogens with zero attached hydrogens (tertiary/aromatic N) is 5. The minimum absolute atomic E-state index is 0.0791. The third-order valence-electron chi connectivity index (χ3n) is 7.21. The summed E-state index contributed by atoms with van der Waals surface area (Å²) in [6.07, 6.45) is 5.55. The SMILES string of the molecule is C=C(/C=N\NC(F)F)c1ccc2c(c1)CO[C@H]1CCCN(C(=O)c3cc4c(cc3F)nc(N)c3cncn34)[C@@H]21. The molecule has 2 aromatic heterocycles. The second-order valence-corrected chi connectivity index (χ2v) is 9.53. The summed E-state index contributed by atoms with van der Waals surface area (Å²) in [4.78, 5) is 23.9. The number of anilines is 1. The highest BCUT2D eigenvalue weighted by atomic mass is 19.3. The fraction of sp³-hybridized carbons (Fsp3) is 0.259. The average Bonchev–Trinajstić information content (AvgIpc) is 3.42. The highest BCUT2D eigenvalue weighted by Gasteiger charge is 2.40. The molecule has 4 heterocycles. The molecule has 6 rings (SSSR count).